The molecule has 26 heavy (non-hydrogen) atoms. The van der Waals surface area contributed by atoms with Gasteiger partial charge in [-0.15, -0.1) is 0 Å². The zero-order chi connectivity index (χ0) is 18.5. The molecule has 3 aromatic rings. The number of carbonyl (C=O) groups excluding carboxylic acids is 1. The maximum Gasteiger partial charge on any atom is 0.339 e. The molecule has 6 nitrogen and oxygen atoms in total. The minimum absolute atomic E-state index is 0.0527. The molecule has 0 bridgehead atoms. The van der Waals surface area contributed by atoms with Crippen LogP contribution in [0.4, 0.5) is 0 Å². The summed E-state index contributed by atoms with van der Waals surface area (Å²) in [6, 6.07) is 10.7. The number of benzene rings is 1. The molecule has 0 saturated carbocycles. The van der Waals surface area contributed by atoms with Crippen LogP contribution >= 0.6 is 11.8 Å². The summed E-state index contributed by atoms with van der Waals surface area (Å²) in [6.45, 7) is 4.68. The first-order valence-electron chi connectivity index (χ1n) is 8.44. The molecule has 0 aliphatic carbocycles. The van der Waals surface area contributed by atoms with Crippen LogP contribution in [-0.2, 0) is 11.3 Å². The number of nitrogens with zero attached hydrogens (tertiary/aromatic N) is 3. The number of fused-ring (bicyclic) bond motifs is 1. The number of ether oxygens (including phenoxy) is 1. The number of rotatable bonds is 6. The van der Waals surface area contributed by atoms with E-state index in [2.05, 4.69) is 9.97 Å². The van der Waals surface area contributed by atoms with Gasteiger partial charge in [0, 0.05) is 12.7 Å². The predicted molar refractivity (Wildman–Crippen MR) is 101 cm³/mol. The molecular weight excluding hydrogens is 350 g/mol. The van der Waals surface area contributed by atoms with E-state index in [1.165, 1.54) is 18.0 Å². The highest BCUT2D eigenvalue weighted by atomic mass is 32.2. The quantitative estimate of drug-likeness (QED) is 0.489. The molecule has 0 N–H and O–H groups in total. The average molecular weight is 369 g/mol. The van der Waals surface area contributed by atoms with Crippen molar-refractivity contribution in [2.45, 2.75) is 37.0 Å². The van der Waals surface area contributed by atoms with Crippen molar-refractivity contribution in [2.75, 3.05) is 6.61 Å². The van der Waals surface area contributed by atoms with Crippen molar-refractivity contribution in [1.29, 1.82) is 0 Å². The zero-order valence-electron chi connectivity index (χ0n) is 14.6. The normalized spacial score (nSPS) is 10.8. The lowest BCUT2D eigenvalue weighted by molar-refractivity contribution is 0.0525. The fourth-order valence-electron chi connectivity index (χ4n) is 2.52. The summed E-state index contributed by atoms with van der Waals surface area (Å²) in [6.07, 6.45) is 2.30. The van der Waals surface area contributed by atoms with E-state index in [9.17, 15) is 9.59 Å². The topological polar surface area (TPSA) is 74.1 Å². The number of para-hydroxylation sites is 1. The van der Waals surface area contributed by atoms with Crippen LogP contribution in [0, 0.1) is 0 Å². The molecule has 0 atom stereocenters. The standard InChI is InChI=1S/C19H19N3O3S/c1-3-11-22-17(23)14-7-5-6-8-15(14)21-19(22)26-16-10-9-13(12-20-16)18(24)25-4-2/h5-10,12H,3-4,11H2,1-2H3. The summed E-state index contributed by atoms with van der Waals surface area (Å²) in [5, 5.41) is 1.85. The molecule has 0 fully saturated rings. The summed E-state index contributed by atoms with van der Waals surface area (Å²) in [4.78, 5) is 33.4. The maximum absolute atomic E-state index is 12.8. The maximum atomic E-state index is 12.8. The fourth-order valence-corrected chi connectivity index (χ4v) is 3.37. The molecule has 0 unspecified atom stereocenters. The molecule has 134 valence electrons. The van der Waals surface area contributed by atoms with Gasteiger partial charge in [0.1, 0.15) is 5.03 Å². The molecule has 0 saturated heterocycles. The van der Waals surface area contributed by atoms with E-state index in [1.807, 2.05) is 25.1 Å². The third-order valence-corrected chi connectivity index (χ3v) is 4.66. The van der Waals surface area contributed by atoms with Gasteiger partial charge < -0.3 is 4.74 Å². The van der Waals surface area contributed by atoms with Crippen molar-refractivity contribution in [1.82, 2.24) is 14.5 Å². The van der Waals surface area contributed by atoms with E-state index < -0.39 is 5.97 Å². The van der Waals surface area contributed by atoms with Crippen LogP contribution in [0.15, 0.2) is 57.6 Å². The van der Waals surface area contributed by atoms with E-state index in [1.54, 1.807) is 29.7 Å². The summed E-state index contributed by atoms with van der Waals surface area (Å²) >= 11 is 1.31. The van der Waals surface area contributed by atoms with Crippen molar-refractivity contribution in [3.8, 4) is 0 Å². The van der Waals surface area contributed by atoms with Gasteiger partial charge in [-0.1, -0.05) is 19.1 Å². The fraction of sp³-hybridized carbons (Fsp3) is 0.263. The first-order valence-corrected chi connectivity index (χ1v) is 9.26. The summed E-state index contributed by atoms with van der Waals surface area (Å²) < 4.78 is 6.63. The Morgan fingerprint density at radius 3 is 2.69 bits per heavy atom. The molecule has 1 aromatic carbocycles. The van der Waals surface area contributed by atoms with Gasteiger partial charge in [-0.2, -0.15) is 0 Å². The van der Waals surface area contributed by atoms with Crippen LogP contribution in [0.3, 0.4) is 0 Å². The van der Waals surface area contributed by atoms with Crippen molar-refractivity contribution in [3.05, 3.63) is 58.5 Å². The minimum Gasteiger partial charge on any atom is -0.462 e. The Balaban J connectivity index is 1.96. The molecule has 0 spiro atoms. The third kappa shape index (κ3) is 3.77. The molecule has 0 aliphatic heterocycles. The molecule has 2 aromatic heterocycles. The Morgan fingerprint density at radius 2 is 2.00 bits per heavy atom. The van der Waals surface area contributed by atoms with Crippen LogP contribution in [0.2, 0.25) is 0 Å². The zero-order valence-corrected chi connectivity index (χ0v) is 15.5. The highest BCUT2D eigenvalue weighted by Crippen LogP contribution is 2.25. The second-order valence-electron chi connectivity index (χ2n) is 5.58. The lowest BCUT2D eigenvalue weighted by Gasteiger charge is -2.12. The number of carbonyl (C=O) groups is 1. The second kappa shape index (κ2) is 8.14. The minimum atomic E-state index is -0.400. The molecule has 2 heterocycles. The van der Waals surface area contributed by atoms with E-state index in [0.29, 0.717) is 39.8 Å². The van der Waals surface area contributed by atoms with Crippen LogP contribution in [0.5, 0.6) is 0 Å². The first kappa shape index (κ1) is 18.1. The lowest BCUT2D eigenvalue weighted by atomic mass is 10.2. The van der Waals surface area contributed by atoms with Gasteiger partial charge in [0.15, 0.2) is 5.16 Å². The molecule has 3 rings (SSSR count). The number of hydrogen-bond donors (Lipinski definition) is 0. The Morgan fingerprint density at radius 1 is 1.19 bits per heavy atom. The van der Waals surface area contributed by atoms with Gasteiger partial charge in [0.05, 0.1) is 23.1 Å². The lowest BCUT2D eigenvalue weighted by Crippen LogP contribution is -2.23. The van der Waals surface area contributed by atoms with Crippen LogP contribution < -0.4 is 5.56 Å². The number of pyridine rings is 1. The number of esters is 1. The van der Waals surface area contributed by atoms with Gasteiger partial charge in [0.25, 0.3) is 5.56 Å². The molecular formula is C19H19N3O3S. The van der Waals surface area contributed by atoms with E-state index in [0.717, 1.165) is 6.42 Å². The second-order valence-corrected chi connectivity index (χ2v) is 6.56. The number of aromatic nitrogens is 3. The monoisotopic (exact) mass is 369 g/mol. The van der Waals surface area contributed by atoms with Crippen LogP contribution in [0.1, 0.15) is 30.6 Å². The molecule has 7 heteroatoms. The van der Waals surface area contributed by atoms with E-state index in [-0.39, 0.29) is 5.56 Å². The number of hydrogen-bond acceptors (Lipinski definition) is 6. The first-order chi connectivity index (χ1) is 12.6. The Labute approximate surface area is 155 Å². The molecule has 0 radical (unpaired) electrons. The van der Waals surface area contributed by atoms with Gasteiger partial charge in [0.2, 0.25) is 0 Å². The van der Waals surface area contributed by atoms with Crippen LogP contribution in [0.25, 0.3) is 10.9 Å². The van der Waals surface area contributed by atoms with Crippen molar-refractivity contribution < 1.29 is 9.53 Å². The van der Waals surface area contributed by atoms with Crippen LogP contribution in [-0.4, -0.2) is 27.1 Å². The Bertz CT molecular complexity index is 983. The molecule has 0 aliphatic rings. The smallest absolute Gasteiger partial charge is 0.339 e. The molecule has 0 amide bonds. The highest BCUT2D eigenvalue weighted by molar-refractivity contribution is 7.99. The van der Waals surface area contributed by atoms with Gasteiger partial charge in [-0.25, -0.2) is 14.8 Å². The Kier molecular flexibility index (Phi) is 5.68. The van der Waals surface area contributed by atoms with E-state index >= 15 is 0 Å². The van der Waals surface area contributed by atoms with Crippen molar-refractivity contribution >= 4 is 28.6 Å². The Hall–Kier alpha value is -2.67. The SMILES string of the molecule is CCCn1c(Sc2ccc(C(=O)OCC)cn2)nc2ccccc2c1=O. The van der Waals surface area contributed by atoms with Gasteiger partial charge >= 0.3 is 5.97 Å². The van der Waals surface area contributed by atoms with E-state index in [4.69, 9.17) is 4.74 Å². The van der Waals surface area contributed by atoms with Crippen molar-refractivity contribution in [3.63, 3.8) is 0 Å². The third-order valence-electron chi connectivity index (χ3n) is 3.72. The highest BCUT2D eigenvalue weighted by Gasteiger charge is 2.13. The van der Waals surface area contributed by atoms with Gasteiger partial charge in [-0.05, 0) is 49.4 Å². The predicted octanol–water partition coefficient (Wildman–Crippen LogP) is 3.53. The largest absolute Gasteiger partial charge is 0.462 e. The summed E-state index contributed by atoms with van der Waals surface area (Å²) in [7, 11) is 0. The van der Waals surface area contributed by atoms with Gasteiger partial charge in [-0.3, -0.25) is 9.36 Å². The summed E-state index contributed by atoms with van der Waals surface area (Å²) in [5.41, 5.74) is 1.01. The average Bonchev–Trinajstić information content (AvgIpc) is 2.66. The summed E-state index contributed by atoms with van der Waals surface area (Å²) in [5.74, 6) is -0.400. The van der Waals surface area contributed by atoms with Crippen molar-refractivity contribution in [2.24, 2.45) is 0 Å².